The van der Waals surface area contributed by atoms with E-state index < -0.39 is 11.7 Å². The molecule has 6 heteroatoms. The SMILES string of the molecule is COc1ccccc1Oc1cc(C(F)(F)F)ccn1. The number of alkyl halides is 3. The van der Waals surface area contributed by atoms with E-state index in [1.54, 1.807) is 24.3 Å². The number of hydrogen-bond acceptors (Lipinski definition) is 3. The first-order chi connectivity index (χ1) is 9.00. The fourth-order valence-electron chi connectivity index (χ4n) is 1.46. The number of para-hydroxylation sites is 2. The van der Waals surface area contributed by atoms with Gasteiger partial charge in [-0.2, -0.15) is 13.2 Å². The van der Waals surface area contributed by atoms with Crippen LogP contribution in [0.3, 0.4) is 0 Å². The van der Waals surface area contributed by atoms with Crippen LogP contribution in [-0.2, 0) is 6.18 Å². The largest absolute Gasteiger partial charge is 0.493 e. The molecule has 19 heavy (non-hydrogen) atoms. The summed E-state index contributed by atoms with van der Waals surface area (Å²) < 4.78 is 48.0. The van der Waals surface area contributed by atoms with Gasteiger partial charge in [0.05, 0.1) is 12.7 Å². The van der Waals surface area contributed by atoms with E-state index >= 15 is 0 Å². The fraction of sp³-hybridized carbons (Fsp3) is 0.154. The van der Waals surface area contributed by atoms with E-state index in [4.69, 9.17) is 9.47 Å². The van der Waals surface area contributed by atoms with Crippen LogP contribution in [0.25, 0.3) is 0 Å². The molecule has 0 fully saturated rings. The van der Waals surface area contributed by atoms with Crippen molar-refractivity contribution in [3.8, 4) is 17.4 Å². The van der Waals surface area contributed by atoms with Gasteiger partial charge in [0.15, 0.2) is 11.5 Å². The first-order valence-electron chi connectivity index (χ1n) is 5.35. The summed E-state index contributed by atoms with van der Waals surface area (Å²) in [6, 6.07) is 8.36. The number of halogens is 3. The summed E-state index contributed by atoms with van der Waals surface area (Å²) in [4.78, 5) is 3.75. The summed E-state index contributed by atoms with van der Waals surface area (Å²) in [5.74, 6) is 0.581. The number of nitrogens with zero attached hydrogens (tertiary/aromatic N) is 1. The first kappa shape index (κ1) is 13.2. The molecule has 0 N–H and O–H groups in total. The molecule has 2 aromatic rings. The third-order valence-electron chi connectivity index (χ3n) is 2.35. The van der Waals surface area contributed by atoms with Crippen LogP contribution in [0.1, 0.15) is 5.56 Å². The van der Waals surface area contributed by atoms with Gasteiger partial charge in [-0.25, -0.2) is 4.98 Å². The zero-order valence-corrected chi connectivity index (χ0v) is 9.94. The van der Waals surface area contributed by atoms with Crippen LogP contribution in [0.2, 0.25) is 0 Å². The Labute approximate surface area is 107 Å². The summed E-state index contributed by atoms with van der Waals surface area (Å²) in [7, 11) is 1.45. The Hall–Kier alpha value is -2.24. The highest BCUT2D eigenvalue weighted by Gasteiger charge is 2.31. The van der Waals surface area contributed by atoms with Crippen molar-refractivity contribution in [1.29, 1.82) is 0 Å². The first-order valence-corrected chi connectivity index (χ1v) is 5.35. The van der Waals surface area contributed by atoms with E-state index in [-0.39, 0.29) is 5.88 Å². The highest BCUT2D eigenvalue weighted by molar-refractivity contribution is 5.41. The smallest absolute Gasteiger partial charge is 0.416 e. The number of methoxy groups -OCH3 is 1. The molecule has 0 saturated carbocycles. The van der Waals surface area contributed by atoms with E-state index in [9.17, 15) is 13.2 Å². The second-order valence-corrected chi connectivity index (χ2v) is 3.63. The summed E-state index contributed by atoms with van der Waals surface area (Å²) >= 11 is 0. The normalized spacial score (nSPS) is 11.2. The van der Waals surface area contributed by atoms with Crippen LogP contribution in [-0.4, -0.2) is 12.1 Å². The maximum absolute atomic E-state index is 12.5. The fourth-order valence-corrected chi connectivity index (χ4v) is 1.46. The predicted octanol–water partition coefficient (Wildman–Crippen LogP) is 3.90. The molecule has 0 atom stereocenters. The molecule has 0 aliphatic carbocycles. The van der Waals surface area contributed by atoms with Crippen molar-refractivity contribution < 1.29 is 22.6 Å². The second-order valence-electron chi connectivity index (χ2n) is 3.63. The summed E-state index contributed by atoms with van der Waals surface area (Å²) in [5.41, 5.74) is -0.813. The number of hydrogen-bond donors (Lipinski definition) is 0. The molecule has 0 radical (unpaired) electrons. The highest BCUT2D eigenvalue weighted by atomic mass is 19.4. The molecule has 0 spiro atoms. The zero-order chi connectivity index (χ0) is 13.9. The van der Waals surface area contributed by atoms with Gasteiger partial charge in [0.25, 0.3) is 0 Å². The van der Waals surface area contributed by atoms with Gasteiger partial charge in [0.1, 0.15) is 0 Å². The van der Waals surface area contributed by atoms with Gasteiger partial charge in [0, 0.05) is 12.3 Å². The minimum Gasteiger partial charge on any atom is -0.493 e. The minimum absolute atomic E-state index is 0.140. The maximum Gasteiger partial charge on any atom is 0.416 e. The third kappa shape index (κ3) is 3.15. The van der Waals surface area contributed by atoms with Crippen LogP contribution in [0.4, 0.5) is 13.2 Å². The second kappa shape index (κ2) is 5.17. The topological polar surface area (TPSA) is 31.4 Å². The average molecular weight is 269 g/mol. The van der Waals surface area contributed by atoms with E-state index in [1.165, 1.54) is 7.11 Å². The lowest BCUT2D eigenvalue weighted by atomic mass is 10.2. The van der Waals surface area contributed by atoms with E-state index in [0.29, 0.717) is 11.5 Å². The predicted molar refractivity (Wildman–Crippen MR) is 62.3 cm³/mol. The minimum atomic E-state index is -4.43. The Morgan fingerprint density at radius 3 is 2.37 bits per heavy atom. The molecule has 1 aromatic carbocycles. The van der Waals surface area contributed by atoms with Gasteiger partial charge < -0.3 is 9.47 Å². The molecule has 1 heterocycles. The molecule has 0 unspecified atom stereocenters. The van der Waals surface area contributed by atoms with Crippen LogP contribution in [0.5, 0.6) is 17.4 Å². The van der Waals surface area contributed by atoms with Gasteiger partial charge in [-0.15, -0.1) is 0 Å². The van der Waals surface area contributed by atoms with E-state index in [1.807, 2.05) is 0 Å². The summed E-state index contributed by atoms with van der Waals surface area (Å²) in [5, 5.41) is 0. The van der Waals surface area contributed by atoms with Crippen molar-refractivity contribution in [3.63, 3.8) is 0 Å². The van der Waals surface area contributed by atoms with E-state index in [2.05, 4.69) is 4.98 Å². The van der Waals surface area contributed by atoms with E-state index in [0.717, 1.165) is 18.3 Å². The Bertz CT molecular complexity index is 570. The number of benzene rings is 1. The number of aromatic nitrogens is 1. The Morgan fingerprint density at radius 1 is 1.05 bits per heavy atom. The maximum atomic E-state index is 12.5. The summed E-state index contributed by atoms with van der Waals surface area (Å²) in [6.07, 6.45) is -3.38. The lowest BCUT2D eigenvalue weighted by Gasteiger charge is -2.11. The van der Waals surface area contributed by atoms with Crippen molar-refractivity contribution in [1.82, 2.24) is 4.98 Å². The van der Waals surface area contributed by atoms with Crippen molar-refractivity contribution in [2.24, 2.45) is 0 Å². The Kier molecular flexibility index (Phi) is 3.59. The molecule has 1 aromatic heterocycles. The Balaban J connectivity index is 2.29. The molecule has 3 nitrogen and oxygen atoms in total. The van der Waals surface area contributed by atoms with Gasteiger partial charge in [0.2, 0.25) is 5.88 Å². The van der Waals surface area contributed by atoms with Gasteiger partial charge in [-0.05, 0) is 18.2 Å². The quantitative estimate of drug-likeness (QED) is 0.846. The molecule has 0 aliphatic heterocycles. The summed E-state index contributed by atoms with van der Waals surface area (Å²) in [6.45, 7) is 0. The van der Waals surface area contributed by atoms with Gasteiger partial charge in [-0.1, -0.05) is 12.1 Å². The number of ether oxygens (including phenoxy) is 2. The van der Waals surface area contributed by atoms with Crippen molar-refractivity contribution in [3.05, 3.63) is 48.2 Å². The number of rotatable bonds is 3. The standard InChI is InChI=1S/C13H10F3NO2/c1-18-10-4-2-3-5-11(10)19-12-8-9(6-7-17-12)13(14,15)16/h2-8H,1H3. The van der Waals surface area contributed by atoms with Crippen molar-refractivity contribution >= 4 is 0 Å². The molecular weight excluding hydrogens is 259 g/mol. The van der Waals surface area contributed by atoms with Crippen molar-refractivity contribution in [2.45, 2.75) is 6.18 Å². The van der Waals surface area contributed by atoms with Crippen LogP contribution in [0.15, 0.2) is 42.6 Å². The number of pyridine rings is 1. The van der Waals surface area contributed by atoms with Gasteiger partial charge in [-0.3, -0.25) is 0 Å². The molecule has 0 aliphatic rings. The van der Waals surface area contributed by atoms with Crippen LogP contribution >= 0.6 is 0 Å². The van der Waals surface area contributed by atoms with Gasteiger partial charge >= 0.3 is 6.18 Å². The molecular formula is C13H10F3NO2. The third-order valence-corrected chi connectivity index (χ3v) is 2.35. The van der Waals surface area contributed by atoms with Crippen LogP contribution < -0.4 is 9.47 Å². The van der Waals surface area contributed by atoms with Crippen molar-refractivity contribution in [2.75, 3.05) is 7.11 Å². The monoisotopic (exact) mass is 269 g/mol. The average Bonchev–Trinajstić information content (AvgIpc) is 2.39. The molecule has 2 rings (SSSR count). The lowest BCUT2D eigenvalue weighted by molar-refractivity contribution is -0.137. The molecule has 100 valence electrons. The molecule has 0 saturated heterocycles. The molecule has 0 bridgehead atoms. The highest BCUT2D eigenvalue weighted by Crippen LogP contribution is 2.33. The lowest BCUT2D eigenvalue weighted by Crippen LogP contribution is -2.05. The van der Waals surface area contributed by atoms with Crippen LogP contribution in [0, 0.1) is 0 Å². The zero-order valence-electron chi connectivity index (χ0n) is 9.94. The Morgan fingerprint density at radius 2 is 1.74 bits per heavy atom. The molecule has 0 amide bonds.